The SMILES string of the molecule is CC(C)C(CO)C(c1ccc(F)cc1)N(C)C. The Kier molecular flexibility index (Phi) is 5.09. The number of benzene rings is 1. The van der Waals surface area contributed by atoms with Crippen LogP contribution in [0.1, 0.15) is 25.5 Å². The molecule has 0 fully saturated rings. The summed E-state index contributed by atoms with van der Waals surface area (Å²) in [5.74, 6) is 0.296. The minimum absolute atomic E-state index is 0.112. The molecule has 2 unspecified atom stereocenters. The Balaban J connectivity index is 3.03. The molecule has 96 valence electrons. The van der Waals surface area contributed by atoms with E-state index >= 15 is 0 Å². The summed E-state index contributed by atoms with van der Waals surface area (Å²) in [6.45, 7) is 4.33. The second-order valence-corrected chi connectivity index (χ2v) is 5.05. The molecule has 0 amide bonds. The van der Waals surface area contributed by atoms with Gasteiger partial charge in [0.25, 0.3) is 0 Å². The average Bonchev–Trinajstić information content (AvgIpc) is 2.26. The zero-order valence-electron chi connectivity index (χ0n) is 11.0. The van der Waals surface area contributed by atoms with Gasteiger partial charge < -0.3 is 10.0 Å². The standard InChI is InChI=1S/C14H22FNO/c1-10(2)13(9-17)14(16(3)4)11-5-7-12(15)8-6-11/h5-8,10,13-14,17H,9H2,1-4H3. The predicted octanol–water partition coefficient (Wildman–Crippen LogP) is 2.69. The molecule has 17 heavy (non-hydrogen) atoms. The summed E-state index contributed by atoms with van der Waals surface area (Å²) in [6.07, 6.45) is 0. The van der Waals surface area contributed by atoms with Crippen LogP contribution in [0.15, 0.2) is 24.3 Å². The van der Waals surface area contributed by atoms with E-state index in [9.17, 15) is 9.50 Å². The molecule has 0 radical (unpaired) electrons. The Hall–Kier alpha value is -0.930. The van der Waals surface area contributed by atoms with Crippen LogP contribution in [0.3, 0.4) is 0 Å². The first-order chi connectivity index (χ1) is 7.97. The Morgan fingerprint density at radius 1 is 1.18 bits per heavy atom. The van der Waals surface area contributed by atoms with E-state index in [1.54, 1.807) is 12.1 Å². The lowest BCUT2D eigenvalue weighted by molar-refractivity contribution is 0.100. The molecule has 2 nitrogen and oxygen atoms in total. The summed E-state index contributed by atoms with van der Waals surface area (Å²) in [5, 5.41) is 9.53. The maximum Gasteiger partial charge on any atom is 0.123 e. The molecule has 2 atom stereocenters. The maximum absolute atomic E-state index is 12.9. The number of hydrogen-bond acceptors (Lipinski definition) is 2. The van der Waals surface area contributed by atoms with Crippen molar-refractivity contribution in [3.05, 3.63) is 35.6 Å². The van der Waals surface area contributed by atoms with Crippen molar-refractivity contribution in [1.82, 2.24) is 4.90 Å². The summed E-state index contributed by atoms with van der Waals surface area (Å²) in [7, 11) is 3.97. The van der Waals surface area contributed by atoms with Crippen LogP contribution in [-0.2, 0) is 0 Å². The number of hydrogen-bond donors (Lipinski definition) is 1. The third-order valence-electron chi connectivity index (χ3n) is 3.24. The van der Waals surface area contributed by atoms with Crippen LogP contribution in [0.5, 0.6) is 0 Å². The Labute approximate surface area is 103 Å². The summed E-state index contributed by atoms with van der Waals surface area (Å²) in [6, 6.07) is 6.65. The molecule has 0 bridgehead atoms. The summed E-state index contributed by atoms with van der Waals surface area (Å²) in [5.41, 5.74) is 1.05. The summed E-state index contributed by atoms with van der Waals surface area (Å²) < 4.78 is 12.9. The molecule has 0 heterocycles. The fourth-order valence-electron chi connectivity index (χ4n) is 2.26. The molecular weight excluding hydrogens is 217 g/mol. The van der Waals surface area contributed by atoms with Crippen LogP contribution >= 0.6 is 0 Å². The van der Waals surface area contributed by atoms with Crippen LogP contribution < -0.4 is 0 Å². The van der Waals surface area contributed by atoms with Crippen molar-refractivity contribution in [2.75, 3.05) is 20.7 Å². The van der Waals surface area contributed by atoms with Gasteiger partial charge in [0.15, 0.2) is 0 Å². The molecule has 0 saturated heterocycles. The van der Waals surface area contributed by atoms with E-state index in [2.05, 4.69) is 18.7 Å². The molecule has 0 spiro atoms. The normalized spacial score (nSPS) is 15.3. The van der Waals surface area contributed by atoms with Crippen molar-refractivity contribution in [2.24, 2.45) is 11.8 Å². The van der Waals surface area contributed by atoms with Gasteiger partial charge in [0.2, 0.25) is 0 Å². The fourth-order valence-corrected chi connectivity index (χ4v) is 2.26. The first kappa shape index (κ1) is 14.1. The number of nitrogens with zero attached hydrogens (tertiary/aromatic N) is 1. The zero-order chi connectivity index (χ0) is 13.0. The Morgan fingerprint density at radius 3 is 2.06 bits per heavy atom. The third kappa shape index (κ3) is 3.51. The molecule has 0 aromatic heterocycles. The van der Waals surface area contributed by atoms with Crippen molar-refractivity contribution in [3.8, 4) is 0 Å². The molecular formula is C14H22FNO. The van der Waals surface area contributed by atoms with E-state index in [1.165, 1.54) is 12.1 Å². The smallest absolute Gasteiger partial charge is 0.123 e. The van der Waals surface area contributed by atoms with E-state index in [-0.39, 0.29) is 24.4 Å². The number of aliphatic hydroxyl groups is 1. The number of rotatable bonds is 5. The largest absolute Gasteiger partial charge is 0.396 e. The van der Waals surface area contributed by atoms with Gasteiger partial charge in [-0.05, 0) is 37.7 Å². The predicted molar refractivity (Wildman–Crippen MR) is 68.2 cm³/mol. The van der Waals surface area contributed by atoms with E-state index in [4.69, 9.17) is 0 Å². The molecule has 1 aromatic carbocycles. The van der Waals surface area contributed by atoms with Crippen LogP contribution in [0.2, 0.25) is 0 Å². The van der Waals surface area contributed by atoms with Crippen molar-refractivity contribution in [3.63, 3.8) is 0 Å². The molecule has 1 aromatic rings. The quantitative estimate of drug-likeness (QED) is 0.854. The molecule has 0 saturated carbocycles. The van der Waals surface area contributed by atoms with Gasteiger partial charge in [-0.15, -0.1) is 0 Å². The lowest BCUT2D eigenvalue weighted by Gasteiger charge is -2.34. The van der Waals surface area contributed by atoms with Crippen molar-refractivity contribution in [1.29, 1.82) is 0 Å². The maximum atomic E-state index is 12.9. The Bertz CT molecular complexity index is 335. The minimum atomic E-state index is -0.226. The average molecular weight is 239 g/mol. The van der Waals surface area contributed by atoms with Crippen LogP contribution in [0.25, 0.3) is 0 Å². The first-order valence-electron chi connectivity index (χ1n) is 6.00. The highest BCUT2D eigenvalue weighted by Crippen LogP contribution is 2.31. The van der Waals surface area contributed by atoms with E-state index < -0.39 is 0 Å². The second kappa shape index (κ2) is 6.12. The first-order valence-corrected chi connectivity index (χ1v) is 6.00. The Morgan fingerprint density at radius 2 is 1.71 bits per heavy atom. The third-order valence-corrected chi connectivity index (χ3v) is 3.24. The molecule has 0 aliphatic carbocycles. The van der Waals surface area contributed by atoms with Crippen molar-refractivity contribution in [2.45, 2.75) is 19.9 Å². The lowest BCUT2D eigenvalue weighted by Crippen LogP contribution is -2.32. The van der Waals surface area contributed by atoms with Crippen molar-refractivity contribution < 1.29 is 9.50 Å². The van der Waals surface area contributed by atoms with Crippen LogP contribution in [0.4, 0.5) is 4.39 Å². The summed E-state index contributed by atoms with van der Waals surface area (Å²) in [4.78, 5) is 2.08. The lowest BCUT2D eigenvalue weighted by atomic mass is 9.84. The monoisotopic (exact) mass is 239 g/mol. The highest BCUT2D eigenvalue weighted by atomic mass is 19.1. The zero-order valence-corrected chi connectivity index (χ0v) is 11.0. The van der Waals surface area contributed by atoms with Gasteiger partial charge in [0, 0.05) is 18.6 Å². The van der Waals surface area contributed by atoms with Gasteiger partial charge in [0.05, 0.1) is 0 Å². The highest BCUT2D eigenvalue weighted by molar-refractivity contribution is 5.21. The molecule has 0 aliphatic rings. The fraction of sp³-hybridized carbons (Fsp3) is 0.571. The van der Waals surface area contributed by atoms with Crippen LogP contribution in [0, 0.1) is 17.7 Å². The summed E-state index contributed by atoms with van der Waals surface area (Å²) >= 11 is 0. The van der Waals surface area contributed by atoms with Gasteiger partial charge >= 0.3 is 0 Å². The minimum Gasteiger partial charge on any atom is -0.396 e. The van der Waals surface area contributed by atoms with Gasteiger partial charge in [0.1, 0.15) is 5.82 Å². The van der Waals surface area contributed by atoms with E-state index in [0.717, 1.165) is 5.56 Å². The number of halogens is 1. The number of aliphatic hydroxyl groups excluding tert-OH is 1. The van der Waals surface area contributed by atoms with E-state index in [0.29, 0.717) is 5.92 Å². The van der Waals surface area contributed by atoms with Gasteiger partial charge in [-0.3, -0.25) is 0 Å². The van der Waals surface area contributed by atoms with Gasteiger partial charge in [-0.2, -0.15) is 0 Å². The molecule has 1 rings (SSSR count). The molecule has 0 aliphatic heterocycles. The van der Waals surface area contributed by atoms with Crippen LogP contribution in [-0.4, -0.2) is 30.7 Å². The van der Waals surface area contributed by atoms with E-state index in [1.807, 2.05) is 14.1 Å². The molecule has 1 N–H and O–H groups in total. The van der Waals surface area contributed by atoms with Gasteiger partial charge in [-0.25, -0.2) is 4.39 Å². The van der Waals surface area contributed by atoms with Gasteiger partial charge in [-0.1, -0.05) is 26.0 Å². The second-order valence-electron chi connectivity index (χ2n) is 5.05. The molecule has 3 heteroatoms. The topological polar surface area (TPSA) is 23.5 Å². The van der Waals surface area contributed by atoms with Crippen molar-refractivity contribution >= 4 is 0 Å². The highest BCUT2D eigenvalue weighted by Gasteiger charge is 2.27.